The van der Waals surface area contributed by atoms with Gasteiger partial charge in [-0.2, -0.15) is 4.31 Å². The van der Waals surface area contributed by atoms with Crippen LogP contribution in [0.2, 0.25) is 0 Å². The van der Waals surface area contributed by atoms with Crippen LogP contribution in [0.4, 0.5) is 5.69 Å². The SMILES string of the molecule is O=C(/C=C/c1ccc(S(=O)(=O)N2CCOCC2)cc1)NNC(=S)Nc1ccccc1. The van der Waals surface area contributed by atoms with Crippen molar-refractivity contribution in [3.63, 3.8) is 0 Å². The molecule has 2 aromatic carbocycles. The highest BCUT2D eigenvalue weighted by Crippen LogP contribution is 2.18. The van der Waals surface area contributed by atoms with Gasteiger partial charge in [0.1, 0.15) is 0 Å². The van der Waals surface area contributed by atoms with Crippen LogP contribution in [0.1, 0.15) is 5.56 Å². The number of hydrogen-bond donors (Lipinski definition) is 3. The molecule has 3 N–H and O–H groups in total. The van der Waals surface area contributed by atoms with Crippen molar-refractivity contribution >= 4 is 45.0 Å². The summed E-state index contributed by atoms with van der Waals surface area (Å²) in [6, 6.07) is 15.7. The zero-order valence-electron chi connectivity index (χ0n) is 16.1. The lowest BCUT2D eigenvalue weighted by Crippen LogP contribution is -2.43. The first-order valence-electron chi connectivity index (χ1n) is 9.23. The first-order valence-corrected chi connectivity index (χ1v) is 11.1. The average Bonchev–Trinajstić information content (AvgIpc) is 2.78. The number of ether oxygens (including phenoxy) is 1. The molecule has 8 nitrogen and oxygen atoms in total. The maximum atomic E-state index is 12.6. The smallest absolute Gasteiger partial charge is 0.262 e. The molecular formula is C20H22N4O4S2. The van der Waals surface area contributed by atoms with Gasteiger partial charge in [0, 0.05) is 24.9 Å². The summed E-state index contributed by atoms with van der Waals surface area (Å²) < 4.78 is 31.8. The Morgan fingerprint density at radius 2 is 1.67 bits per heavy atom. The van der Waals surface area contributed by atoms with Gasteiger partial charge in [0.05, 0.1) is 18.1 Å². The fourth-order valence-corrected chi connectivity index (χ4v) is 4.28. The number of benzene rings is 2. The number of nitrogens with one attached hydrogen (secondary N) is 3. The Bertz CT molecular complexity index is 1000. The van der Waals surface area contributed by atoms with Gasteiger partial charge in [-0.15, -0.1) is 0 Å². The Hall–Kier alpha value is -2.79. The Morgan fingerprint density at radius 1 is 1.00 bits per heavy atom. The number of thiocarbonyl (C=S) groups is 1. The molecule has 0 saturated carbocycles. The monoisotopic (exact) mass is 446 g/mol. The molecule has 1 saturated heterocycles. The molecular weight excluding hydrogens is 424 g/mol. The fourth-order valence-electron chi connectivity index (χ4n) is 2.70. The van der Waals surface area contributed by atoms with Crippen molar-refractivity contribution in [2.24, 2.45) is 0 Å². The van der Waals surface area contributed by atoms with Crippen molar-refractivity contribution < 1.29 is 17.9 Å². The summed E-state index contributed by atoms with van der Waals surface area (Å²) >= 11 is 5.11. The van der Waals surface area contributed by atoms with E-state index in [2.05, 4.69) is 16.2 Å². The van der Waals surface area contributed by atoms with Crippen LogP contribution >= 0.6 is 12.2 Å². The first kappa shape index (κ1) is 21.9. The lowest BCUT2D eigenvalue weighted by molar-refractivity contribution is -0.116. The second-order valence-corrected chi connectivity index (χ2v) is 8.70. The van der Waals surface area contributed by atoms with Crippen molar-refractivity contribution in [3.8, 4) is 0 Å². The van der Waals surface area contributed by atoms with Crippen molar-refractivity contribution in [2.75, 3.05) is 31.6 Å². The highest BCUT2D eigenvalue weighted by molar-refractivity contribution is 7.89. The third kappa shape index (κ3) is 6.10. The third-order valence-electron chi connectivity index (χ3n) is 4.25. The Labute approximate surface area is 180 Å². The molecule has 0 spiro atoms. The standard InChI is InChI=1S/C20H22N4O4S2/c25-19(22-23-20(29)21-17-4-2-1-3-5-17)11-8-16-6-9-18(10-7-16)30(26,27)24-12-14-28-15-13-24/h1-11H,12-15H2,(H,22,25)(H2,21,23,29)/b11-8+. The molecule has 0 atom stereocenters. The molecule has 1 aliphatic heterocycles. The van der Waals surface area contributed by atoms with Gasteiger partial charge in [-0.05, 0) is 48.1 Å². The van der Waals surface area contributed by atoms with Crippen LogP contribution in [0.3, 0.4) is 0 Å². The zero-order chi connectivity index (χ0) is 21.4. The minimum atomic E-state index is -3.54. The predicted molar refractivity (Wildman–Crippen MR) is 119 cm³/mol. The number of para-hydroxylation sites is 1. The van der Waals surface area contributed by atoms with Crippen molar-refractivity contribution in [1.29, 1.82) is 0 Å². The Morgan fingerprint density at radius 3 is 2.33 bits per heavy atom. The second-order valence-electron chi connectivity index (χ2n) is 6.35. The predicted octanol–water partition coefficient (Wildman–Crippen LogP) is 1.74. The number of rotatable bonds is 5. The molecule has 0 bridgehead atoms. The summed E-state index contributed by atoms with van der Waals surface area (Å²) in [5.74, 6) is -0.405. The van der Waals surface area contributed by atoms with Gasteiger partial charge in [-0.3, -0.25) is 15.6 Å². The molecule has 0 aromatic heterocycles. The summed E-state index contributed by atoms with van der Waals surface area (Å²) in [6.45, 7) is 1.48. The molecule has 1 amide bonds. The lowest BCUT2D eigenvalue weighted by Gasteiger charge is -2.26. The molecule has 3 rings (SSSR count). The molecule has 1 aliphatic rings. The summed E-state index contributed by atoms with van der Waals surface area (Å²) in [6.07, 6.45) is 2.90. The van der Waals surface area contributed by atoms with Crippen LogP contribution in [-0.2, 0) is 19.6 Å². The van der Waals surface area contributed by atoms with Crippen LogP contribution in [-0.4, -0.2) is 50.0 Å². The normalized spacial score (nSPS) is 14.9. The van der Waals surface area contributed by atoms with Gasteiger partial charge in [-0.1, -0.05) is 30.3 Å². The molecule has 30 heavy (non-hydrogen) atoms. The van der Waals surface area contributed by atoms with Gasteiger partial charge < -0.3 is 10.1 Å². The molecule has 2 aromatic rings. The van der Waals surface area contributed by atoms with E-state index in [0.717, 1.165) is 5.69 Å². The van der Waals surface area contributed by atoms with Crippen molar-refractivity contribution in [3.05, 3.63) is 66.2 Å². The van der Waals surface area contributed by atoms with E-state index in [9.17, 15) is 13.2 Å². The van der Waals surface area contributed by atoms with Gasteiger partial charge in [0.25, 0.3) is 5.91 Å². The van der Waals surface area contributed by atoms with E-state index < -0.39 is 15.9 Å². The summed E-state index contributed by atoms with van der Waals surface area (Å²) in [5.41, 5.74) is 6.55. The highest BCUT2D eigenvalue weighted by atomic mass is 32.2. The van der Waals surface area contributed by atoms with Crippen molar-refractivity contribution in [1.82, 2.24) is 15.2 Å². The third-order valence-corrected chi connectivity index (χ3v) is 6.36. The van der Waals surface area contributed by atoms with Crippen LogP contribution in [0.5, 0.6) is 0 Å². The topological polar surface area (TPSA) is 99.8 Å². The van der Waals surface area contributed by atoms with Gasteiger partial charge in [-0.25, -0.2) is 8.42 Å². The molecule has 0 radical (unpaired) electrons. The first-order chi connectivity index (χ1) is 14.4. The highest BCUT2D eigenvalue weighted by Gasteiger charge is 2.25. The van der Waals surface area contributed by atoms with E-state index in [4.69, 9.17) is 17.0 Å². The van der Waals surface area contributed by atoms with Gasteiger partial charge in [0.15, 0.2) is 5.11 Å². The van der Waals surface area contributed by atoms with Crippen LogP contribution in [0.25, 0.3) is 6.08 Å². The number of sulfonamides is 1. The number of amides is 1. The number of carbonyl (C=O) groups is 1. The van der Waals surface area contributed by atoms with Crippen LogP contribution < -0.4 is 16.2 Å². The zero-order valence-corrected chi connectivity index (χ0v) is 17.7. The molecule has 0 unspecified atom stereocenters. The summed E-state index contributed by atoms with van der Waals surface area (Å²) in [5, 5.41) is 3.18. The average molecular weight is 447 g/mol. The van der Waals surface area contributed by atoms with E-state index in [1.807, 2.05) is 30.3 Å². The lowest BCUT2D eigenvalue weighted by atomic mass is 10.2. The van der Waals surface area contributed by atoms with Crippen LogP contribution in [0, 0.1) is 0 Å². The number of morpholine rings is 1. The Balaban J connectivity index is 1.50. The van der Waals surface area contributed by atoms with Crippen molar-refractivity contribution in [2.45, 2.75) is 4.90 Å². The number of nitrogens with zero attached hydrogens (tertiary/aromatic N) is 1. The number of anilines is 1. The Kier molecular flexibility index (Phi) is 7.52. The maximum absolute atomic E-state index is 12.6. The van der Waals surface area contributed by atoms with Crippen LogP contribution in [0.15, 0.2) is 65.6 Å². The largest absolute Gasteiger partial charge is 0.379 e. The number of hydrogen-bond acceptors (Lipinski definition) is 5. The van der Waals surface area contributed by atoms with E-state index >= 15 is 0 Å². The van der Waals surface area contributed by atoms with E-state index in [1.54, 1.807) is 18.2 Å². The summed E-state index contributed by atoms with van der Waals surface area (Å²) in [4.78, 5) is 12.2. The van der Waals surface area contributed by atoms with E-state index in [1.165, 1.54) is 22.5 Å². The molecule has 1 fully saturated rings. The van der Waals surface area contributed by atoms with Gasteiger partial charge >= 0.3 is 0 Å². The molecule has 0 aliphatic carbocycles. The second kappa shape index (κ2) is 10.3. The van der Waals surface area contributed by atoms with Gasteiger partial charge in [0.2, 0.25) is 10.0 Å². The molecule has 1 heterocycles. The quantitative estimate of drug-likeness (QED) is 0.365. The minimum Gasteiger partial charge on any atom is -0.379 e. The van der Waals surface area contributed by atoms with E-state index in [0.29, 0.717) is 31.9 Å². The number of carbonyl (C=O) groups excluding carboxylic acids is 1. The molecule has 158 valence electrons. The maximum Gasteiger partial charge on any atom is 0.262 e. The number of hydrazine groups is 1. The van der Waals surface area contributed by atoms with E-state index in [-0.39, 0.29) is 10.0 Å². The minimum absolute atomic E-state index is 0.213. The fraction of sp³-hybridized carbons (Fsp3) is 0.200. The molecule has 10 heteroatoms. The summed E-state index contributed by atoms with van der Waals surface area (Å²) in [7, 11) is -3.54.